The first-order chi connectivity index (χ1) is 17.3. The fourth-order valence-electron chi connectivity index (χ4n) is 4.20. The third kappa shape index (κ3) is 4.65. The average Bonchev–Trinajstić information content (AvgIpc) is 3.27. The quantitative estimate of drug-likeness (QED) is 0.415. The maximum atomic E-state index is 15.0. The molecule has 1 amide bonds. The number of H-pyrrole nitrogens is 1. The van der Waals surface area contributed by atoms with Crippen LogP contribution in [-0.2, 0) is 13.6 Å². The number of aryl methyl sites for hydroxylation is 2. The number of rotatable bonds is 5. The number of pyridine rings is 1. The number of nitrogens with one attached hydrogen (secondary N) is 2. The highest BCUT2D eigenvalue weighted by molar-refractivity contribution is 6.02. The summed E-state index contributed by atoms with van der Waals surface area (Å²) < 4.78 is 31.4. The molecule has 184 valence electrons. The molecule has 11 heteroatoms. The van der Waals surface area contributed by atoms with Crippen LogP contribution in [0.25, 0.3) is 16.6 Å². The summed E-state index contributed by atoms with van der Waals surface area (Å²) in [6, 6.07) is 6.39. The van der Waals surface area contributed by atoms with Gasteiger partial charge in [0.25, 0.3) is 11.5 Å². The molecule has 0 spiro atoms. The molecule has 9 nitrogen and oxygen atoms in total. The maximum Gasteiger partial charge on any atom is 0.274 e. The molecule has 3 aromatic heterocycles. The third-order valence-electron chi connectivity index (χ3n) is 6.13. The number of fused-ring (bicyclic) bond motifs is 1. The number of halogens is 2. The van der Waals surface area contributed by atoms with Crippen LogP contribution in [0, 0.1) is 18.7 Å². The van der Waals surface area contributed by atoms with Gasteiger partial charge < -0.3 is 10.3 Å². The molecule has 1 aliphatic heterocycles. The Morgan fingerprint density at radius 3 is 2.72 bits per heavy atom. The van der Waals surface area contributed by atoms with Gasteiger partial charge in [-0.25, -0.2) is 14.4 Å². The van der Waals surface area contributed by atoms with Crippen molar-refractivity contribution in [1.82, 2.24) is 29.6 Å². The standard InChI is InChI=1S/C25H23F2N7O2/c1-14-24(35)32-22-19(29-14)5-3-16(21(22)26)12-34-9-7-15(8-10-34)18-4-6-20(31-23(18)27)25(36)30-17-11-28-33(2)13-17/h3-7,11,13H,8-10,12H2,1-2H3,(H,30,36)(H,32,35). The molecule has 4 heterocycles. The van der Waals surface area contributed by atoms with Crippen LogP contribution in [0.15, 0.2) is 47.5 Å². The van der Waals surface area contributed by atoms with Crippen LogP contribution in [0.3, 0.4) is 0 Å². The number of carbonyl (C=O) groups is 1. The predicted octanol–water partition coefficient (Wildman–Crippen LogP) is 3.18. The van der Waals surface area contributed by atoms with E-state index in [4.69, 9.17) is 0 Å². The van der Waals surface area contributed by atoms with E-state index < -0.39 is 23.2 Å². The molecule has 4 aromatic rings. The largest absolute Gasteiger partial charge is 0.318 e. The van der Waals surface area contributed by atoms with E-state index in [0.717, 1.165) is 5.57 Å². The highest BCUT2D eigenvalue weighted by atomic mass is 19.1. The lowest BCUT2D eigenvalue weighted by atomic mass is 10.00. The first-order valence-corrected chi connectivity index (χ1v) is 11.3. The molecule has 5 rings (SSSR count). The van der Waals surface area contributed by atoms with Gasteiger partial charge in [-0.1, -0.05) is 12.1 Å². The van der Waals surface area contributed by atoms with Gasteiger partial charge >= 0.3 is 0 Å². The molecular formula is C25H23F2N7O2. The number of nitrogens with zero attached hydrogens (tertiary/aromatic N) is 5. The fourth-order valence-corrected chi connectivity index (χ4v) is 4.20. The van der Waals surface area contributed by atoms with Crippen molar-refractivity contribution in [2.45, 2.75) is 19.9 Å². The summed E-state index contributed by atoms with van der Waals surface area (Å²) in [6.45, 7) is 2.97. The van der Waals surface area contributed by atoms with E-state index in [1.54, 1.807) is 43.0 Å². The molecule has 0 radical (unpaired) electrons. The van der Waals surface area contributed by atoms with Crippen LogP contribution in [-0.4, -0.2) is 48.6 Å². The van der Waals surface area contributed by atoms with Crippen molar-refractivity contribution in [2.75, 3.05) is 18.4 Å². The van der Waals surface area contributed by atoms with Gasteiger partial charge in [0.1, 0.15) is 16.9 Å². The van der Waals surface area contributed by atoms with Gasteiger partial charge in [-0.2, -0.15) is 9.49 Å². The molecule has 0 bridgehead atoms. The molecule has 0 fully saturated rings. The lowest BCUT2D eigenvalue weighted by molar-refractivity contribution is 0.102. The normalized spacial score (nSPS) is 14.2. The van der Waals surface area contributed by atoms with Crippen LogP contribution < -0.4 is 10.9 Å². The Morgan fingerprint density at radius 1 is 1.19 bits per heavy atom. The summed E-state index contributed by atoms with van der Waals surface area (Å²) in [7, 11) is 1.72. The van der Waals surface area contributed by atoms with Gasteiger partial charge in [0.05, 0.1) is 17.4 Å². The molecular weight excluding hydrogens is 468 g/mol. The van der Waals surface area contributed by atoms with Crippen LogP contribution in [0.1, 0.15) is 33.7 Å². The lowest BCUT2D eigenvalue weighted by Crippen LogP contribution is -2.28. The van der Waals surface area contributed by atoms with Gasteiger partial charge in [-0.05, 0) is 37.1 Å². The summed E-state index contributed by atoms with van der Waals surface area (Å²) in [4.78, 5) is 36.8. The Kier molecular flexibility index (Phi) is 6.15. The Morgan fingerprint density at radius 2 is 2.03 bits per heavy atom. The lowest BCUT2D eigenvalue weighted by Gasteiger charge is -2.26. The minimum atomic E-state index is -0.721. The molecule has 36 heavy (non-hydrogen) atoms. The number of carbonyl (C=O) groups excluding carboxylic acids is 1. The van der Waals surface area contributed by atoms with E-state index in [1.807, 2.05) is 11.0 Å². The van der Waals surface area contributed by atoms with Crippen molar-refractivity contribution in [1.29, 1.82) is 0 Å². The Bertz CT molecular complexity index is 1570. The van der Waals surface area contributed by atoms with Crippen LogP contribution in [0.4, 0.5) is 14.5 Å². The van der Waals surface area contributed by atoms with Crippen molar-refractivity contribution >= 4 is 28.2 Å². The average molecular weight is 492 g/mol. The Labute approximate surface area is 204 Å². The van der Waals surface area contributed by atoms with Gasteiger partial charge in [0, 0.05) is 44.0 Å². The summed E-state index contributed by atoms with van der Waals surface area (Å²) >= 11 is 0. The number of aromatic nitrogens is 5. The highest BCUT2D eigenvalue weighted by Crippen LogP contribution is 2.26. The van der Waals surface area contributed by atoms with E-state index in [-0.39, 0.29) is 16.9 Å². The van der Waals surface area contributed by atoms with Crippen LogP contribution in [0.2, 0.25) is 0 Å². The van der Waals surface area contributed by atoms with Gasteiger partial charge in [-0.3, -0.25) is 19.2 Å². The molecule has 2 N–H and O–H groups in total. The monoisotopic (exact) mass is 491 g/mol. The van der Waals surface area contributed by atoms with Crippen molar-refractivity contribution in [3.05, 3.63) is 87.4 Å². The molecule has 1 aliphatic rings. The molecule has 0 saturated carbocycles. The second kappa shape index (κ2) is 9.42. The molecule has 1 aromatic carbocycles. The fraction of sp³-hybridized carbons (Fsp3) is 0.240. The predicted molar refractivity (Wildman–Crippen MR) is 130 cm³/mol. The van der Waals surface area contributed by atoms with E-state index in [2.05, 4.69) is 25.4 Å². The van der Waals surface area contributed by atoms with Crippen molar-refractivity contribution in [3.8, 4) is 0 Å². The first-order valence-electron chi connectivity index (χ1n) is 11.3. The summed E-state index contributed by atoms with van der Waals surface area (Å²) in [6.07, 6.45) is 5.53. The summed E-state index contributed by atoms with van der Waals surface area (Å²) in [5.74, 6) is -1.75. The zero-order valence-electron chi connectivity index (χ0n) is 19.7. The molecule has 0 atom stereocenters. The second-order valence-corrected chi connectivity index (χ2v) is 8.69. The van der Waals surface area contributed by atoms with Crippen LogP contribution >= 0.6 is 0 Å². The SMILES string of the molecule is Cc1nc2ccc(CN3CC=C(c4ccc(C(=O)Nc5cnn(C)c5)nc4F)CC3)c(F)c2[nH]c1=O. The molecule has 0 saturated heterocycles. The van der Waals surface area contributed by atoms with E-state index in [0.29, 0.717) is 48.4 Å². The summed E-state index contributed by atoms with van der Waals surface area (Å²) in [5.41, 5.74) is 2.37. The zero-order valence-corrected chi connectivity index (χ0v) is 19.7. The number of hydrogen-bond donors (Lipinski definition) is 2. The summed E-state index contributed by atoms with van der Waals surface area (Å²) in [5, 5.41) is 6.60. The number of amides is 1. The first kappa shape index (κ1) is 23.5. The number of hydrogen-bond acceptors (Lipinski definition) is 6. The smallest absolute Gasteiger partial charge is 0.274 e. The maximum absolute atomic E-state index is 15.0. The van der Waals surface area contributed by atoms with Gasteiger partial charge in [0.2, 0.25) is 5.95 Å². The number of benzene rings is 1. The minimum Gasteiger partial charge on any atom is -0.318 e. The van der Waals surface area contributed by atoms with Crippen molar-refractivity contribution in [3.63, 3.8) is 0 Å². The topological polar surface area (TPSA) is 109 Å². The van der Waals surface area contributed by atoms with Gasteiger partial charge in [0.15, 0.2) is 5.82 Å². The van der Waals surface area contributed by atoms with E-state index >= 15 is 4.39 Å². The van der Waals surface area contributed by atoms with E-state index in [1.165, 1.54) is 12.3 Å². The Balaban J connectivity index is 1.28. The highest BCUT2D eigenvalue weighted by Gasteiger charge is 2.20. The van der Waals surface area contributed by atoms with Gasteiger partial charge in [-0.15, -0.1) is 0 Å². The minimum absolute atomic E-state index is 0.0346. The number of anilines is 1. The van der Waals surface area contributed by atoms with E-state index in [9.17, 15) is 14.0 Å². The second-order valence-electron chi connectivity index (χ2n) is 8.69. The Hall–Kier alpha value is -4.25. The molecule has 0 aliphatic carbocycles. The van der Waals surface area contributed by atoms with Crippen LogP contribution in [0.5, 0.6) is 0 Å². The van der Waals surface area contributed by atoms with Crippen molar-refractivity contribution in [2.24, 2.45) is 7.05 Å². The zero-order chi connectivity index (χ0) is 25.4. The third-order valence-corrected chi connectivity index (χ3v) is 6.13. The molecule has 0 unspecified atom stereocenters. The number of aromatic amines is 1. The van der Waals surface area contributed by atoms with Crippen molar-refractivity contribution < 1.29 is 13.6 Å².